The highest BCUT2D eigenvalue weighted by Gasteiger charge is 2.24. The molecule has 4 aromatic rings. The van der Waals surface area contributed by atoms with Gasteiger partial charge in [-0.25, -0.2) is 9.97 Å². The van der Waals surface area contributed by atoms with Crippen LogP contribution in [0, 0.1) is 6.92 Å². The lowest BCUT2D eigenvalue weighted by Crippen LogP contribution is -2.30. The predicted octanol–water partition coefficient (Wildman–Crippen LogP) is 1.03. The number of primary amides is 1. The van der Waals surface area contributed by atoms with Crippen LogP contribution in [0.4, 0.5) is 5.82 Å². The second kappa shape index (κ2) is 8.23. The number of aryl methyl sites for hydroxylation is 1. The number of hydrogen-bond donors (Lipinski definition) is 4. The summed E-state index contributed by atoms with van der Waals surface area (Å²) in [6.45, 7) is 2.88. The van der Waals surface area contributed by atoms with Crippen molar-refractivity contribution in [2.45, 2.75) is 19.9 Å². The first-order chi connectivity index (χ1) is 15.9. The zero-order valence-electron chi connectivity index (χ0n) is 17.9. The van der Waals surface area contributed by atoms with E-state index in [-0.39, 0.29) is 0 Å². The third-order valence-electron chi connectivity index (χ3n) is 5.71. The van der Waals surface area contributed by atoms with E-state index in [1.54, 1.807) is 34.7 Å². The molecule has 166 valence electrons. The Balaban J connectivity index is 1.56. The molecule has 0 atom stereocenters. The van der Waals surface area contributed by atoms with Crippen LogP contribution in [0.5, 0.6) is 5.75 Å². The Morgan fingerprint density at radius 3 is 2.85 bits per heavy atom. The maximum atomic E-state index is 11.9. The van der Waals surface area contributed by atoms with E-state index in [1.165, 1.54) is 0 Å². The van der Waals surface area contributed by atoms with Gasteiger partial charge in [0.15, 0.2) is 17.4 Å². The molecule has 3 aromatic heterocycles. The molecule has 0 fully saturated rings. The molecule has 1 amide bonds. The van der Waals surface area contributed by atoms with Crippen molar-refractivity contribution in [1.29, 1.82) is 0 Å². The fourth-order valence-corrected chi connectivity index (χ4v) is 4.16. The van der Waals surface area contributed by atoms with Crippen LogP contribution in [-0.4, -0.2) is 44.0 Å². The Kier molecular flexibility index (Phi) is 5.23. The number of rotatable bonds is 6. The number of hydrogen-bond acceptors (Lipinski definition) is 7. The number of ether oxygens (including phenoxy) is 1. The highest BCUT2D eigenvalue weighted by molar-refractivity contribution is 6.58. The van der Waals surface area contributed by atoms with Gasteiger partial charge in [-0.3, -0.25) is 4.79 Å². The van der Waals surface area contributed by atoms with E-state index < -0.39 is 13.0 Å². The van der Waals surface area contributed by atoms with E-state index in [1.807, 2.05) is 25.3 Å². The van der Waals surface area contributed by atoms with Gasteiger partial charge in [-0.05, 0) is 35.6 Å². The van der Waals surface area contributed by atoms with E-state index in [4.69, 9.17) is 20.4 Å². The summed E-state index contributed by atoms with van der Waals surface area (Å²) in [5.74, 6) is 1.20. The van der Waals surface area contributed by atoms with Crippen LogP contribution < -0.4 is 21.3 Å². The van der Waals surface area contributed by atoms with Crippen LogP contribution >= 0.6 is 0 Å². The Morgan fingerprint density at radius 2 is 2.06 bits per heavy atom. The number of pyridine rings is 1. The SMILES string of the molecule is Cc1cn2c(C(N)=O)cccc2c1-c1nc2c(c(NCc3cccc(B(O)O)c3)n1)OCC2. The molecule has 0 bridgehead atoms. The largest absolute Gasteiger partial charge is 0.488 e. The van der Waals surface area contributed by atoms with Gasteiger partial charge < -0.3 is 30.2 Å². The van der Waals surface area contributed by atoms with Gasteiger partial charge in [0.2, 0.25) is 0 Å². The zero-order chi connectivity index (χ0) is 23.1. The molecular weight excluding hydrogens is 421 g/mol. The number of carbonyl (C=O) groups excluding carboxylic acids is 1. The van der Waals surface area contributed by atoms with Crippen molar-refractivity contribution in [2.75, 3.05) is 11.9 Å². The number of carbonyl (C=O) groups is 1. The smallest absolute Gasteiger partial charge is 0.487 e. The Labute approximate surface area is 190 Å². The van der Waals surface area contributed by atoms with Gasteiger partial charge in [0.05, 0.1) is 17.8 Å². The fraction of sp³-hybridized carbons (Fsp3) is 0.174. The summed E-state index contributed by atoms with van der Waals surface area (Å²) in [5, 5.41) is 22.2. The predicted molar refractivity (Wildman–Crippen MR) is 124 cm³/mol. The van der Waals surface area contributed by atoms with Crippen molar-refractivity contribution in [1.82, 2.24) is 14.4 Å². The van der Waals surface area contributed by atoms with Crippen molar-refractivity contribution in [3.8, 4) is 17.1 Å². The third kappa shape index (κ3) is 3.79. The normalized spacial score (nSPS) is 12.5. The molecular formula is C23H22BN5O4. The molecule has 5 N–H and O–H groups in total. The minimum atomic E-state index is -1.53. The molecule has 0 aliphatic carbocycles. The first-order valence-corrected chi connectivity index (χ1v) is 10.6. The lowest BCUT2D eigenvalue weighted by atomic mass is 9.80. The average Bonchev–Trinajstić information content (AvgIpc) is 3.40. The van der Waals surface area contributed by atoms with Crippen LogP contribution in [0.3, 0.4) is 0 Å². The summed E-state index contributed by atoms with van der Waals surface area (Å²) in [4.78, 5) is 21.4. The van der Waals surface area contributed by atoms with Gasteiger partial charge in [-0.15, -0.1) is 0 Å². The molecule has 9 nitrogen and oxygen atoms in total. The molecule has 33 heavy (non-hydrogen) atoms. The van der Waals surface area contributed by atoms with Crippen molar-refractivity contribution in [3.05, 3.63) is 71.2 Å². The standard InChI is InChI=1S/C23H22BN5O4/c1-13-12-29-17(6-3-7-18(29)21(25)30)19(13)22-27-16-8-9-33-20(16)23(28-22)26-11-14-4-2-5-15(10-14)24(31)32/h2-7,10,12,31-32H,8-9,11H2,1H3,(H2,25,30)(H,26,27,28). The van der Waals surface area contributed by atoms with E-state index in [2.05, 4.69) is 5.32 Å². The number of aromatic nitrogens is 3. The summed E-state index contributed by atoms with van der Waals surface area (Å²) < 4.78 is 7.55. The number of fused-ring (bicyclic) bond motifs is 2. The summed E-state index contributed by atoms with van der Waals surface area (Å²) in [5.41, 5.74) is 10.6. The van der Waals surface area contributed by atoms with E-state index in [0.29, 0.717) is 48.1 Å². The number of anilines is 1. The lowest BCUT2D eigenvalue weighted by molar-refractivity contribution is 0.0994. The fourth-order valence-electron chi connectivity index (χ4n) is 4.16. The minimum Gasteiger partial charge on any atom is -0.487 e. The Bertz CT molecular complexity index is 1390. The molecule has 4 heterocycles. The first kappa shape index (κ1) is 21.0. The molecule has 0 spiro atoms. The van der Waals surface area contributed by atoms with E-state index in [0.717, 1.165) is 27.9 Å². The topological polar surface area (TPSA) is 135 Å². The van der Waals surface area contributed by atoms with Crippen molar-refractivity contribution < 1.29 is 19.6 Å². The molecule has 0 radical (unpaired) electrons. The van der Waals surface area contributed by atoms with Gasteiger partial charge in [-0.2, -0.15) is 0 Å². The highest BCUT2D eigenvalue weighted by atomic mass is 16.5. The van der Waals surface area contributed by atoms with E-state index in [9.17, 15) is 14.8 Å². The van der Waals surface area contributed by atoms with Crippen LogP contribution in [0.1, 0.15) is 27.3 Å². The minimum absolute atomic E-state index is 0.385. The van der Waals surface area contributed by atoms with Crippen molar-refractivity contribution >= 4 is 29.8 Å². The number of benzene rings is 1. The quantitative estimate of drug-likeness (QED) is 0.327. The maximum absolute atomic E-state index is 11.9. The Hall–Kier alpha value is -3.89. The number of nitrogens with zero attached hydrogens (tertiary/aromatic N) is 3. The average molecular weight is 443 g/mol. The van der Waals surface area contributed by atoms with Crippen molar-refractivity contribution in [3.63, 3.8) is 0 Å². The molecule has 1 aromatic carbocycles. The summed E-state index contributed by atoms with van der Waals surface area (Å²) in [7, 11) is -1.53. The second-order valence-corrected chi connectivity index (χ2v) is 7.96. The lowest BCUT2D eigenvalue weighted by Gasteiger charge is -2.13. The summed E-state index contributed by atoms with van der Waals surface area (Å²) in [6, 6.07) is 12.4. The second-order valence-electron chi connectivity index (χ2n) is 7.96. The molecule has 1 aliphatic rings. The summed E-state index contributed by atoms with van der Waals surface area (Å²) >= 11 is 0. The highest BCUT2D eigenvalue weighted by Crippen LogP contribution is 2.36. The molecule has 0 saturated heterocycles. The third-order valence-corrected chi connectivity index (χ3v) is 5.71. The van der Waals surface area contributed by atoms with Crippen LogP contribution in [0.2, 0.25) is 0 Å². The molecule has 1 aliphatic heterocycles. The van der Waals surface area contributed by atoms with Gasteiger partial charge in [0.25, 0.3) is 5.91 Å². The molecule has 10 heteroatoms. The van der Waals surface area contributed by atoms with Gasteiger partial charge in [0, 0.05) is 24.7 Å². The number of nitrogens with two attached hydrogens (primary N) is 1. The molecule has 5 rings (SSSR count). The Morgan fingerprint density at radius 1 is 1.24 bits per heavy atom. The zero-order valence-corrected chi connectivity index (χ0v) is 17.9. The van der Waals surface area contributed by atoms with Gasteiger partial charge in [-0.1, -0.05) is 30.3 Å². The monoisotopic (exact) mass is 443 g/mol. The van der Waals surface area contributed by atoms with Crippen LogP contribution in [0.25, 0.3) is 16.9 Å². The van der Waals surface area contributed by atoms with Gasteiger partial charge >= 0.3 is 7.12 Å². The van der Waals surface area contributed by atoms with E-state index >= 15 is 0 Å². The molecule has 0 unspecified atom stereocenters. The maximum Gasteiger partial charge on any atom is 0.488 e. The first-order valence-electron chi connectivity index (χ1n) is 10.6. The van der Waals surface area contributed by atoms with Crippen LogP contribution in [-0.2, 0) is 13.0 Å². The van der Waals surface area contributed by atoms with Gasteiger partial charge in [0.1, 0.15) is 5.69 Å². The van der Waals surface area contributed by atoms with Crippen molar-refractivity contribution in [2.24, 2.45) is 5.73 Å². The number of amides is 1. The summed E-state index contributed by atoms with van der Waals surface area (Å²) in [6.07, 6.45) is 2.53. The molecule has 0 saturated carbocycles. The number of nitrogens with one attached hydrogen (secondary N) is 1. The van der Waals surface area contributed by atoms with Crippen LogP contribution in [0.15, 0.2) is 48.7 Å².